The molecule has 0 spiro atoms. The predicted octanol–water partition coefficient (Wildman–Crippen LogP) is 3.48. The molecular formula is C18H13ClN2O2S. The highest BCUT2D eigenvalue weighted by atomic mass is 35.5. The molecule has 1 heterocycles. The third-order valence-corrected chi connectivity index (χ3v) is 4.21. The number of hydrogen-bond donors (Lipinski definition) is 1. The number of carbonyl (C=O) groups is 2. The summed E-state index contributed by atoms with van der Waals surface area (Å²) in [4.78, 5) is 26.3. The zero-order chi connectivity index (χ0) is 17.3. The Kier molecular flexibility index (Phi) is 4.46. The Labute approximate surface area is 149 Å². The van der Waals surface area contributed by atoms with Gasteiger partial charge in [0.25, 0.3) is 11.8 Å². The third-order valence-electron chi connectivity index (χ3n) is 3.67. The van der Waals surface area contributed by atoms with E-state index in [1.165, 1.54) is 4.90 Å². The van der Waals surface area contributed by atoms with Gasteiger partial charge in [-0.1, -0.05) is 35.9 Å². The van der Waals surface area contributed by atoms with Crippen LogP contribution < -0.4 is 10.2 Å². The highest BCUT2D eigenvalue weighted by molar-refractivity contribution is 7.80. The number of rotatable bonds is 2. The summed E-state index contributed by atoms with van der Waals surface area (Å²) in [5, 5.41) is 3.16. The number of nitrogens with zero attached hydrogens (tertiary/aromatic N) is 1. The lowest BCUT2D eigenvalue weighted by Gasteiger charge is -2.29. The van der Waals surface area contributed by atoms with Gasteiger partial charge < -0.3 is 0 Å². The second-order valence-electron chi connectivity index (χ2n) is 5.29. The number of hydrogen-bond acceptors (Lipinski definition) is 3. The van der Waals surface area contributed by atoms with Crippen LogP contribution in [0.15, 0.2) is 54.1 Å². The van der Waals surface area contributed by atoms with Gasteiger partial charge in [0.05, 0.1) is 5.69 Å². The summed E-state index contributed by atoms with van der Waals surface area (Å²) in [6.07, 6.45) is 1.58. The van der Waals surface area contributed by atoms with Crippen LogP contribution in [-0.2, 0) is 9.59 Å². The van der Waals surface area contributed by atoms with Gasteiger partial charge in [0, 0.05) is 5.02 Å². The second kappa shape index (κ2) is 6.55. The molecule has 0 aliphatic carbocycles. The van der Waals surface area contributed by atoms with Gasteiger partial charge in [-0.2, -0.15) is 0 Å². The molecule has 6 heteroatoms. The lowest BCUT2D eigenvalue weighted by molar-refractivity contribution is -0.122. The number of halogens is 1. The van der Waals surface area contributed by atoms with Crippen molar-refractivity contribution in [3.8, 4) is 0 Å². The average Bonchev–Trinajstić information content (AvgIpc) is 2.54. The van der Waals surface area contributed by atoms with Gasteiger partial charge >= 0.3 is 0 Å². The van der Waals surface area contributed by atoms with Gasteiger partial charge in [-0.15, -0.1) is 0 Å². The molecule has 0 aromatic heterocycles. The maximum atomic E-state index is 12.8. The molecule has 120 valence electrons. The molecule has 4 nitrogen and oxygen atoms in total. The first-order valence-corrected chi connectivity index (χ1v) is 7.98. The first-order valence-electron chi connectivity index (χ1n) is 7.20. The van der Waals surface area contributed by atoms with Crippen molar-refractivity contribution < 1.29 is 9.59 Å². The van der Waals surface area contributed by atoms with Crippen molar-refractivity contribution in [2.45, 2.75) is 6.92 Å². The Hall–Kier alpha value is -2.50. The summed E-state index contributed by atoms with van der Waals surface area (Å²) < 4.78 is 0. The Morgan fingerprint density at radius 2 is 1.75 bits per heavy atom. The number of benzene rings is 2. The molecule has 0 radical (unpaired) electrons. The third kappa shape index (κ3) is 3.09. The molecular weight excluding hydrogens is 344 g/mol. The maximum Gasteiger partial charge on any atom is 0.270 e. The van der Waals surface area contributed by atoms with E-state index in [2.05, 4.69) is 5.32 Å². The topological polar surface area (TPSA) is 49.4 Å². The molecule has 1 aliphatic rings. The van der Waals surface area contributed by atoms with Gasteiger partial charge in [-0.05, 0) is 60.6 Å². The van der Waals surface area contributed by atoms with E-state index in [0.717, 1.165) is 11.1 Å². The van der Waals surface area contributed by atoms with Crippen molar-refractivity contribution in [2.75, 3.05) is 4.90 Å². The minimum Gasteiger partial charge on any atom is -0.298 e. The van der Waals surface area contributed by atoms with Crippen LogP contribution in [0.4, 0.5) is 5.69 Å². The summed E-state index contributed by atoms with van der Waals surface area (Å²) >= 11 is 11.0. The Morgan fingerprint density at radius 3 is 2.42 bits per heavy atom. The van der Waals surface area contributed by atoms with Crippen LogP contribution in [0.3, 0.4) is 0 Å². The smallest absolute Gasteiger partial charge is 0.270 e. The van der Waals surface area contributed by atoms with E-state index in [1.807, 2.05) is 31.2 Å². The molecule has 1 N–H and O–H groups in total. The quantitative estimate of drug-likeness (QED) is 0.509. The van der Waals surface area contributed by atoms with Gasteiger partial charge in [0.1, 0.15) is 5.57 Å². The number of amides is 2. The van der Waals surface area contributed by atoms with E-state index in [0.29, 0.717) is 10.7 Å². The molecule has 0 bridgehead atoms. The Bertz CT molecular complexity index is 875. The molecule has 0 atom stereocenters. The average molecular weight is 357 g/mol. The number of thiocarbonyl (C=S) groups is 1. The van der Waals surface area contributed by atoms with E-state index in [1.54, 1.807) is 30.3 Å². The number of anilines is 1. The van der Waals surface area contributed by atoms with Gasteiger partial charge in [-0.25, -0.2) is 0 Å². The van der Waals surface area contributed by atoms with Crippen LogP contribution in [0.1, 0.15) is 11.1 Å². The summed E-state index contributed by atoms with van der Waals surface area (Å²) in [6.45, 7) is 1.92. The van der Waals surface area contributed by atoms with Gasteiger partial charge in [-0.3, -0.25) is 19.8 Å². The van der Waals surface area contributed by atoms with E-state index in [-0.39, 0.29) is 10.7 Å². The van der Waals surface area contributed by atoms with Crippen molar-refractivity contribution >= 4 is 52.5 Å². The highest BCUT2D eigenvalue weighted by Crippen LogP contribution is 2.24. The molecule has 0 unspecified atom stereocenters. The van der Waals surface area contributed by atoms with Crippen molar-refractivity contribution in [1.29, 1.82) is 0 Å². The summed E-state index contributed by atoms with van der Waals surface area (Å²) in [7, 11) is 0. The monoisotopic (exact) mass is 356 g/mol. The minimum atomic E-state index is -0.501. The van der Waals surface area contributed by atoms with E-state index >= 15 is 0 Å². The zero-order valence-corrected chi connectivity index (χ0v) is 14.3. The number of carbonyl (C=O) groups excluding carboxylic acids is 2. The molecule has 2 amide bonds. The number of nitrogens with one attached hydrogen (secondary N) is 1. The first kappa shape index (κ1) is 16.4. The minimum absolute atomic E-state index is 0.0350. The van der Waals surface area contributed by atoms with Crippen LogP contribution >= 0.6 is 23.8 Å². The molecule has 3 rings (SSSR count). The standard InChI is InChI=1S/C18H13ClN2O2S/c1-11-4-2-3-5-12(11)10-15-16(22)20-18(24)21(17(15)23)14-8-6-13(19)7-9-14/h2-10H,1H3,(H,20,22,24)/b15-10+. The van der Waals surface area contributed by atoms with Crippen molar-refractivity contribution in [3.05, 3.63) is 70.3 Å². The Balaban J connectivity index is 2.03. The van der Waals surface area contributed by atoms with Crippen LogP contribution in [0.25, 0.3) is 6.08 Å². The summed E-state index contributed by atoms with van der Waals surface area (Å²) in [6, 6.07) is 14.2. The zero-order valence-electron chi connectivity index (χ0n) is 12.7. The molecule has 24 heavy (non-hydrogen) atoms. The maximum absolute atomic E-state index is 12.8. The first-order chi connectivity index (χ1) is 11.5. The lowest BCUT2D eigenvalue weighted by Crippen LogP contribution is -2.54. The van der Waals surface area contributed by atoms with Crippen molar-refractivity contribution in [2.24, 2.45) is 0 Å². The van der Waals surface area contributed by atoms with E-state index in [4.69, 9.17) is 23.8 Å². The van der Waals surface area contributed by atoms with Crippen LogP contribution in [0.5, 0.6) is 0 Å². The fourth-order valence-electron chi connectivity index (χ4n) is 2.39. The second-order valence-corrected chi connectivity index (χ2v) is 6.11. The molecule has 0 saturated carbocycles. The lowest BCUT2D eigenvalue weighted by atomic mass is 10.0. The van der Waals surface area contributed by atoms with E-state index < -0.39 is 11.8 Å². The SMILES string of the molecule is Cc1ccccc1/C=C1\C(=O)NC(=S)N(c2ccc(Cl)cc2)C1=O. The molecule has 1 aliphatic heterocycles. The molecule has 2 aromatic rings. The van der Waals surface area contributed by atoms with Gasteiger partial charge in [0.15, 0.2) is 5.11 Å². The number of aryl methyl sites for hydroxylation is 1. The van der Waals surface area contributed by atoms with Gasteiger partial charge in [0.2, 0.25) is 0 Å². The molecule has 2 aromatic carbocycles. The summed E-state index contributed by atoms with van der Waals surface area (Å²) in [5.41, 5.74) is 2.36. The van der Waals surface area contributed by atoms with Crippen LogP contribution in [-0.4, -0.2) is 16.9 Å². The largest absolute Gasteiger partial charge is 0.298 e. The fraction of sp³-hybridized carbons (Fsp3) is 0.0556. The molecule has 1 saturated heterocycles. The van der Waals surface area contributed by atoms with Crippen LogP contribution in [0, 0.1) is 6.92 Å². The van der Waals surface area contributed by atoms with Crippen LogP contribution in [0.2, 0.25) is 5.02 Å². The molecule has 1 fully saturated rings. The van der Waals surface area contributed by atoms with E-state index in [9.17, 15) is 9.59 Å². The van der Waals surface area contributed by atoms with Crippen molar-refractivity contribution in [1.82, 2.24) is 5.32 Å². The normalized spacial score (nSPS) is 16.5. The highest BCUT2D eigenvalue weighted by Gasteiger charge is 2.34. The summed E-state index contributed by atoms with van der Waals surface area (Å²) in [5.74, 6) is -0.965. The van der Waals surface area contributed by atoms with Crippen molar-refractivity contribution in [3.63, 3.8) is 0 Å². The predicted molar refractivity (Wildman–Crippen MR) is 98.8 cm³/mol. The fourth-order valence-corrected chi connectivity index (χ4v) is 2.79. The Morgan fingerprint density at radius 1 is 1.08 bits per heavy atom.